The van der Waals surface area contributed by atoms with Gasteiger partial charge in [0.05, 0.1) is 11.5 Å². The molecule has 1 aromatic rings. The molecule has 0 aliphatic rings. The maximum atomic E-state index is 10.7. The van der Waals surface area contributed by atoms with Crippen LogP contribution in [0, 0.1) is 16.0 Å². The Kier molecular flexibility index (Phi) is 4.90. The van der Waals surface area contributed by atoms with Gasteiger partial charge in [0.15, 0.2) is 0 Å². The van der Waals surface area contributed by atoms with Gasteiger partial charge in [-0.1, -0.05) is 13.8 Å². The summed E-state index contributed by atoms with van der Waals surface area (Å²) >= 11 is 0. The van der Waals surface area contributed by atoms with Gasteiger partial charge in [-0.3, -0.25) is 10.1 Å². The Morgan fingerprint density at radius 2 is 2.18 bits per heavy atom. The Morgan fingerprint density at radius 1 is 1.47 bits per heavy atom. The molecule has 94 valence electrons. The first-order chi connectivity index (χ1) is 8.04. The third-order valence-electron chi connectivity index (χ3n) is 2.25. The zero-order valence-electron chi connectivity index (χ0n) is 10.4. The van der Waals surface area contributed by atoms with Crippen LogP contribution in [0.1, 0.15) is 19.4 Å². The fraction of sp³-hybridized carbons (Fsp3) is 0.500. The maximum Gasteiger partial charge on any atom is 0.292 e. The molecule has 0 heterocycles. The third kappa shape index (κ3) is 4.03. The largest absolute Gasteiger partial charge is 0.383 e. The maximum absolute atomic E-state index is 10.7. The minimum atomic E-state index is -0.398. The second-order valence-corrected chi connectivity index (χ2v) is 4.27. The minimum Gasteiger partial charge on any atom is -0.383 e. The van der Waals surface area contributed by atoms with Crippen LogP contribution in [-0.2, 0) is 11.3 Å². The minimum absolute atomic E-state index is 0.0834. The number of hydrogen-bond acceptors (Lipinski definition) is 4. The summed E-state index contributed by atoms with van der Waals surface area (Å²) in [5.74, 6) is 0.483. The molecule has 0 atom stereocenters. The Bertz CT molecular complexity index is 391. The van der Waals surface area contributed by atoms with E-state index in [-0.39, 0.29) is 5.69 Å². The molecule has 5 nitrogen and oxygen atoms in total. The van der Waals surface area contributed by atoms with E-state index < -0.39 is 4.92 Å². The lowest BCUT2D eigenvalue weighted by Crippen LogP contribution is -2.03. The number of nitrogens with zero attached hydrogens (tertiary/aromatic N) is 1. The molecular formula is C12H18N2O3. The van der Waals surface area contributed by atoms with Crippen LogP contribution in [0.4, 0.5) is 11.4 Å². The van der Waals surface area contributed by atoms with Crippen molar-refractivity contribution in [1.29, 1.82) is 0 Å². The monoisotopic (exact) mass is 238 g/mol. The van der Waals surface area contributed by atoms with Crippen LogP contribution in [0.25, 0.3) is 0 Å². The van der Waals surface area contributed by atoms with Gasteiger partial charge in [-0.15, -0.1) is 0 Å². The van der Waals surface area contributed by atoms with Crippen molar-refractivity contribution in [3.8, 4) is 0 Å². The van der Waals surface area contributed by atoms with Crippen molar-refractivity contribution in [3.05, 3.63) is 33.9 Å². The highest BCUT2D eigenvalue weighted by molar-refractivity contribution is 5.62. The molecule has 0 fully saturated rings. The lowest BCUT2D eigenvalue weighted by atomic mass is 10.2. The van der Waals surface area contributed by atoms with Gasteiger partial charge in [0.25, 0.3) is 5.69 Å². The smallest absolute Gasteiger partial charge is 0.292 e. The second-order valence-electron chi connectivity index (χ2n) is 4.27. The van der Waals surface area contributed by atoms with Gasteiger partial charge in [-0.25, -0.2) is 0 Å². The van der Waals surface area contributed by atoms with Crippen LogP contribution in [0.15, 0.2) is 18.2 Å². The van der Waals surface area contributed by atoms with Crippen molar-refractivity contribution in [1.82, 2.24) is 0 Å². The van der Waals surface area contributed by atoms with Gasteiger partial charge in [0.2, 0.25) is 0 Å². The van der Waals surface area contributed by atoms with E-state index in [1.165, 1.54) is 6.07 Å². The van der Waals surface area contributed by atoms with Crippen molar-refractivity contribution in [3.63, 3.8) is 0 Å². The molecule has 0 aliphatic heterocycles. The number of nitro benzene ring substituents is 1. The van der Waals surface area contributed by atoms with Gasteiger partial charge < -0.3 is 10.1 Å². The van der Waals surface area contributed by atoms with Crippen molar-refractivity contribution in [2.24, 2.45) is 5.92 Å². The number of benzene rings is 1. The fourth-order valence-corrected chi connectivity index (χ4v) is 1.44. The molecule has 17 heavy (non-hydrogen) atoms. The summed E-state index contributed by atoms with van der Waals surface area (Å²) < 4.78 is 5.48. The predicted molar refractivity (Wildman–Crippen MR) is 67.1 cm³/mol. The quantitative estimate of drug-likeness (QED) is 0.611. The number of rotatable bonds is 6. The molecule has 1 aromatic carbocycles. The average molecular weight is 238 g/mol. The second kappa shape index (κ2) is 6.20. The molecule has 0 aromatic heterocycles. The van der Waals surface area contributed by atoms with Gasteiger partial charge in [0, 0.05) is 19.7 Å². The molecule has 0 amide bonds. The van der Waals surface area contributed by atoms with Gasteiger partial charge in [-0.2, -0.15) is 0 Å². The molecule has 0 saturated carbocycles. The molecule has 0 spiro atoms. The van der Waals surface area contributed by atoms with Crippen molar-refractivity contribution < 1.29 is 9.66 Å². The highest BCUT2D eigenvalue weighted by atomic mass is 16.6. The SMILES string of the molecule is CNc1cc(COCC(C)C)ccc1[N+](=O)[O-]. The molecule has 0 aliphatic carbocycles. The van der Waals surface area contributed by atoms with Gasteiger partial charge in [0.1, 0.15) is 5.69 Å². The van der Waals surface area contributed by atoms with E-state index in [2.05, 4.69) is 19.2 Å². The van der Waals surface area contributed by atoms with Gasteiger partial charge in [-0.05, 0) is 23.6 Å². The average Bonchev–Trinajstić information content (AvgIpc) is 2.28. The van der Waals surface area contributed by atoms with Crippen LogP contribution < -0.4 is 5.32 Å². The van der Waals surface area contributed by atoms with Crippen molar-refractivity contribution in [2.45, 2.75) is 20.5 Å². The molecule has 0 bridgehead atoms. The summed E-state index contributed by atoms with van der Waals surface area (Å²) in [5, 5.41) is 13.5. The fourth-order valence-electron chi connectivity index (χ4n) is 1.44. The normalized spacial score (nSPS) is 10.6. The van der Waals surface area contributed by atoms with E-state index >= 15 is 0 Å². The van der Waals surface area contributed by atoms with Crippen LogP contribution in [0.3, 0.4) is 0 Å². The van der Waals surface area contributed by atoms with E-state index in [9.17, 15) is 10.1 Å². The van der Waals surface area contributed by atoms with Gasteiger partial charge >= 0.3 is 0 Å². The predicted octanol–water partition coefficient (Wildman–Crippen LogP) is 2.81. The summed E-state index contributed by atoms with van der Waals surface area (Å²) in [4.78, 5) is 10.3. The summed E-state index contributed by atoms with van der Waals surface area (Å²) in [7, 11) is 1.67. The highest BCUT2D eigenvalue weighted by Gasteiger charge is 2.12. The lowest BCUT2D eigenvalue weighted by Gasteiger charge is -2.08. The van der Waals surface area contributed by atoms with E-state index in [0.717, 1.165) is 5.56 Å². The number of nitrogens with one attached hydrogen (secondary N) is 1. The first-order valence-corrected chi connectivity index (χ1v) is 5.57. The summed E-state index contributed by atoms with van der Waals surface area (Å²) in [6.07, 6.45) is 0. The van der Waals surface area contributed by atoms with Crippen molar-refractivity contribution in [2.75, 3.05) is 19.0 Å². The third-order valence-corrected chi connectivity index (χ3v) is 2.25. The van der Waals surface area contributed by atoms with Crippen LogP contribution in [-0.4, -0.2) is 18.6 Å². The summed E-state index contributed by atoms with van der Waals surface area (Å²) in [6, 6.07) is 4.97. The Balaban J connectivity index is 2.72. The number of ether oxygens (including phenoxy) is 1. The zero-order valence-corrected chi connectivity index (χ0v) is 10.4. The molecule has 0 radical (unpaired) electrons. The molecule has 1 N–H and O–H groups in total. The molecule has 0 unspecified atom stereocenters. The topological polar surface area (TPSA) is 64.4 Å². The number of hydrogen-bond donors (Lipinski definition) is 1. The van der Waals surface area contributed by atoms with E-state index in [1.54, 1.807) is 19.2 Å². The summed E-state index contributed by atoms with van der Waals surface area (Å²) in [6.45, 7) is 5.32. The molecule has 0 saturated heterocycles. The van der Waals surface area contributed by atoms with E-state index in [4.69, 9.17) is 4.74 Å². The Labute approximate surface area is 101 Å². The summed E-state index contributed by atoms with van der Waals surface area (Å²) in [5.41, 5.74) is 1.53. The Hall–Kier alpha value is -1.62. The van der Waals surface area contributed by atoms with Crippen molar-refractivity contribution >= 4 is 11.4 Å². The Morgan fingerprint density at radius 3 is 2.71 bits per heavy atom. The number of nitro groups is 1. The first kappa shape index (κ1) is 13.4. The zero-order chi connectivity index (χ0) is 12.8. The van der Waals surface area contributed by atoms with Crippen LogP contribution >= 0.6 is 0 Å². The van der Waals surface area contributed by atoms with Crippen LogP contribution in [0.2, 0.25) is 0 Å². The highest BCUT2D eigenvalue weighted by Crippen LogP contribution is 2.25. The molecular weight excluding hydrogens is 220 g/mol. The molecule has 5 heteroatoms. The van der Waals surface area contributed by atoms with E-state index in [1.807, 2.05) is 0 Å². The first-order valence-electron chi connectivity index (χ1n) is 5.57. The lowest BCUT2D eigenvalue weighted by molar-refractivity contribution is -0.384. The van der Waals surface area contributed by atoms with Crippen LogP contribution in [0.5, 0.6) is 0 Å². The molecule has 1 rings (SSSR count). The number of anilines is 1. The standard InChI is InChI=1S/C12H18N2O3/c1-9(2)7-17-8-10-4-5-12(14(15)16)11(6-10)13-3/h4-6,9,13H,7-8H2,1-3H3. The van der Waals surface area contributed by atoms with E-state index in [0.29, 0.717) is 24.8 Å².